The lowest BCUT2D eigenvalue weighted by atomic mass is 10.3. The Labute approximate surface area is 159 Å². The van der Waals surface area contributed by atoms with Crippen LogP contribution in [0, 0.1) is 0 Å². The number of nitrogens with zero attached hydrogens (tertiary/aromatic N) is 2. The number of benzene rings is 1. The van der Waals surface area contributed by atoms with Crippen molar-refractivity contribution in [2.45, 2.75) is 25.9 Å². The molecular weight excluding hydrogens is 374 g/mol. The summed E-state index contributed by atoms with van der Waals surface area (Å²) in [7, 11) is 0. The molecule has 8 heteroatoms. The topological polar surface area (TPSA) is 81.2 Å². The molecule has 1 atom stereocenters. The van der Waals surface area contributed by atoms with E-state index in [1.165, 1.54) is 13.1 Å². The molecule has 0 fully saturated rings. The lowest BCUT2D eigenvalue weighted by molar-refractivity contribution is -0.153. The summed E-state index contributed by atoms with van der Waals surface area (Å²) in [5.74, 6) is -0.919. The van der Waals surface area contributed by atoms with Crippen LogP contribution in [0.5, 0.6) is 0 Å². The summed E-state index contributed by atoms with van der Waals surface area (Å²) in [5, 5.41) is 3.63. The van der Waals surface area contributed by atoms with Gasteiger partial charge in [-0.05, 0) is 31.2 Å². The molecule has 26 heavy (non-hydrogen) atoms. The first-order chi connectivity index (χ1) is 12.5. The van der Waals surface area contributed by atoms with Gasteiger partial charge in [-0.3, -0.25) is 9.59 Å². The van der Waals surface area contributed by atoms with Crippen LogP contribution in [0.2, 0.25) is 5.15 Å². The number of hydrogen-bond donors (Lipinski definition) is 1. The third-order valence-electron chi connectivity index (χ3n) is 3.58. The highest BCUT2D eigenvalue weighted by atomic mass is 35.5. The zero-order chi connectivity index (χ0) is 18.5. The van der Waals surface area contributed by atoms with E-state index in [2.05, 4.69) is 15.3 Å². The first-order valence-electron chi connectivity index (χ1n) is 7.98. The quantitative estimate of drug-likeness (QED) is 0.511. The van der Waals surface area contributed by atoms with Gasteiger partial charge in [0, 0.05) is 12.6 Å². The third-order valence-corrected chi connectivity index (χ3v) is 4.97. The minimum atomic E-state index is -0.936. The van der Waals surface area contributed by atoms with Gasteiger partial charge in [-0.1, -0.05) is 23.7 Å². The Kier molecular flexibility index (Phi) is 5.80. The van der Waals surface area contributed by atoms with Crippen LogP contribution < -0.4 is 5.32 Å². The molecule has 0 aliphatic carbocycles. The molecule has 2 heterocycles. The standard InChI is InChI=1S/C18H16ClN3O3S/c1-11(18(24)22-13-6-4-10-20-17(13)19)25-16(23)9-8-15-21-12-5-2-3-7-14(12)26-15/h2-7,10-11H,8-9H2,1H3,(H,22,24). The van der Waals surface area contributed by atoms with Gasteiger partial charge in [0.05, 0.1) is 27.3 Å². The van der Waals surface area contributed by atoms with E-state index in [0.29, 0.717) is 12.1 Å². The van der Waals surface area contributed by atoms with E-state index in [0.717, 1.165) is 15.2 Å². The molecule has 1 N–H and O–H groups in total. The first-order valence-corrected chi connectivity index (χ1v) is 9.17. The Bertz CT molecular complexity index is 911. The lowest BCUT2D eigenvalue weighted by Gasteiger charge is -2.13. The highest BCUT2D eigenvalue weighted by molar-refractivity contribution is 7.18. The number of anilines is 1. The van der Waals surface area contributed by atoms with Crippen LogP contribution >= 0.6 is 22.9 Å². The number of fused-ring (bicyclic) bond motifs is 1. The van der Waals surface area contributed by atoms with E-state index >= 15 is 0 Å². The number of ether oxygens (including phenoxy) is 1. The number of rotatable bonds is 6. The second-order valence-corrected chi connectivity index (χ2v) is 7.01. The molecule has 0 aliphatic heterocycles. The number of aromatic nitrogens is 2. The second kappa shape index (κ2) is 8.25. The molecule has 0 saturated carbocycles. The van der Waals surface area contributed by atoms with Gasteiger partial charge in [0.2, 0.25) is 0 Å². The van der Waals surface area contributed by atoms with Gasteiger partial charge >= 0.3 is 5.97 Å². The van der Waals surface area contributed by atoms with Crippen molar-refractivity contribution in [2.24, 2.45) is 0 Å². The SMILES string of the molecule is CC(OC(=O)CCc1nc2ccccc2s1)C(=O)Nc1cccnc1Cl. The maximum Gasteiger partial charge on any atom is 0.306 e. The first kappa shape index (κ1) is 18.3. The maximum absolute atomic E-state index is 12.1. The van der Waals surface area contributed by atoms with Gasteiger partial charge in [0.1, 0.15) is 0 Å². The number of carbonyl (C=O) groups is 2. The molecule has 6 nitrogen and oxygen atoms in total. The van der Waals surface area contributed by atoms with Gasteiger partial charge in [-0.2, -0.15) is 0 Å². The van der Waals surface area contributed by atoms with Crippen molar-refractivity contribution in [1.82, 2.24) is 9.97 Å². The molecule has 3 rings (SSSR count). The predicted octanol–water partition coefficient (Wildman–Crippen LogP) is 3.85. The van der Waals surface area contributed by atoms with E-state index in [-0.39, 0.29) is 11.6 Å². The van der Waals surface area contributed by atoms with Crippen LogP contribution in [0.3, 0.4) is 0 Å². The molecule has 0 spiro atoms. The smallest absolute Gasteiger partial charge is 0.306 e. The van der Waals surface area contributed by atoms with E-state index < -0.39 is 18.0 Å². The number of para-hydroxylation sites is 1. The highest BCUT2D eigenvalue weighted by Crippen LogP contribution is 2.22. The van der Waals surface area contributed by atoms with E-state index in [4.69, 9.17) is 16.3 Å². The largest absolute Gasteiger partial charge is 0.453 e. The third kappa shape index (κ3) is 4.56. The zero-order valence-electron chi connectivity index (χ0n) is 13.9. The molecule has 0 bridgehead atoms. The molecule has 1 amide bonds. The fourth-order valence-electron chi connectivity index (χ4n) is 2.26. The van der Waals surface area contributed by atoms with Crippen LogP contribution in [0.1, 0.15) is 18.4 Å². The van der Waals surface area contributed by atoms with Crippen molar-refractivity contribution in [3.8, 4) is 0 Å². The van der Waals surface area contributed by atoms with Gasteiger partial charge in [-0.25, -0.2) is 9.97 Å². The van der Waals surface area contributed by atoms with Crippen molar-refractivity contribution >= 4 is 50.7 Å². The second-order valence-electron chi connectivity index (χ2n) is 5.54. The summed E-state index contributed by atoms with van der Waals surface area (Å²) in [5.41, 5.74) is 1.29. The highest BCUT2D eigenvalue weighted by Gasteiger charge is 2.19. The number of carbonyl (C=O) groups excluding carboxylic acids is 2. The summed E-state index contributed by atoms with van der Waals surface area (Å²) in [4.78, 5) is 32.5. The van der Waals surface area contributed by atoms with E-state index in [1.54, 1.807) is 23.5 Å². The summed E-state index contributed by atoms with van der Waals surface area (Å²) < 4.78 is 6.26. The zero-order valence-corrected chi connectivity index (χ0v) is 15.5. The normalized spacial score (nSPS) is 11.9. The van der Waals surface area contributed by atoms with Crippen LogP contribution in [0.25, 0.3) is 10.2 Å². The van der Waals surface area contributed by atoms with Gasteiger partial charge in [-0.15, -0.1) is 11.3 Å². The fraction of sp³-hybridized carbons (Fsp3) is 0.222. The molecule has 1 unspecified atom stereocenters. The number of halogens is 1. The summed E-state index contributed by atoms with van der Waals surface area (Å²) in [6, 6.07) is 11.1. The predicted molar refractivity (Wildman–Crippen MR) is 101 cm³/mol. The van der Waals surface area contributed by atoms with Gasteiger partial charge in [0.15, 0.2) is 11.3 Å². The summed E-state index contributed by atoms with van der Waals surface area (Å²) in [6.45, 7) is 1.51. The van der Waals surface area contributed by atoms with E-state index in [1.807, 2.05) is 24.3 Å². The molecule has 2 aromatic heterocycles. The summed E-state index contributed by atoms with van der Waals surface area (Å²) >= 11 is 7.44. The van der Waals surface area contributed by atoms with Crippen LogP contribution in [-0.2, 0) is 20.7 Å². The van der Waals surface area contributed by atoms with Crippen LogP contribution in [0.15, 0.2) is 42.6 Å². The number of hydrogen-bond acceptors (Lipinski definition) is 6. The number of thiazole rings is 1. The van der Waals surface area contributed by atoms with Crippen molar-refractivity contribution in [3.63, 3.8) is 0 Å². The van der Waals surface area contributed by atoms with Gasteiger partial charge in [0.25, 0.3) is 5.91 Å². The molecule has 0 saturated heterocycles. The molecule has 0 aliphatic rings. The Morgan fingerprint density at radius 2 is 2.08 bits per heavy atom. The molecular formula is C18H16ClN3O3S. The van der Waals surface area contributed by atoms with Crippen molar-refractivity contribution in [2.75, 3.05) is 5.32 Å². The van der Waals surface area contributed by atoms with Gasteiger partial charge < -0.3 is 10.1 Å². The molecule has 3 aromatic rings. The number of nitrogens with one attached hydrogen (secondary N) is 1. The minimum Gasteiger partial charge on any atom is -0.453 e. The minimum absolute atomic E-state index is 0.158. The lowest BCUT2D eigenvalue weighted by Crippen LogP contribution is -2.30. The number of esters is 1. The van der Waals surface area contributed by atoms with Crippen molar-refractivity contribution in [3.05, 3.63) is 52.8 Å². The molecule has 1 aromatic carbocycles. The Balaban J connectivity index is 1.50. The number of amides is 1. The number of aryl methyl sites for hydroxylation is 1. The average Bonchev–Trinajstić information content (AvgIpc) is 3.05. The Morgan fingerprint density at radius 3 is 2.85 bits per heavy atom. The fourth-order valence-corrected chi connectivity index (χ4v) is 3.39. The Hall–Kier alpha value is -2.51. The molecule has 134 valence electrons. The van der Waals surface area contributed by atoms with Crippen molar-refractivity contribution < 1.29 is 14.3 Å². The Morgan fingerprint density at radius 1 is 1.27 bits per heavy atom. The van der Waals surface area contributed by atoms with Crippen LogP contribution in [-0.4, -0.2) is 27.9 Å². The number of pyridine rings is 1. The van der Waals surface area contributed by atoms with Crippen molar-refractivity contribution in [1.29, 1.82) is 0 Å². The maximum atomic E-state index is 12.1. The average molecular weight is 390 g/mol. The molecule has 0 radical (unpaired) electrons. The summed E-state index contributed by atoms with van der Waals surface area (Å²) in [6.07, 6.45) is 1.21. The van der Waals surface area contributed by atoms with Crippen LogP contribution in [0.4, 0.5) is 5.69 Å². The monoisotopic (exact) mass is 389 g/mol. The van der Waals surface area contributed by atoms with E-state index in [9.17, 15) is 9.59 Å².